The van der Waals surface area contributed by atoms with Crippen LogP contribution in [-0.4, -0.2) is 50.1 Å². The SMILES string of the molecule is COC(=O)C1CCN(c2ccc(C(=O)N3CCC(C)(C)CC(C)C3)cc2)C1. The van der Waals surface area contributed by atoms with Gasteiger partial charge in [0, 0.05) is 37.4 Å². The Bertz CT molecular complexity index is 683. The highest BCUT2D eigenvalue weighted by molar-refractivity contribution is 5.94. The fourth-order valence-corrected chi connectivity index (χ4v) is 4.55. The molecule has 0 bridgehead atoms. The predicted octanol–water partition coefficient (Wildman–Crippen LogP) is 3.58. The van der Waals surface area contributed by atoms with Crippen molar-refractivity contribution in [1.82, 2.24) is 4.90 Å². The second-order valence-electron chi connectivity index (χ2n) is 8.98. The molecule has 2 saturated heterocycles. The predicted molar refractivity (Wildman–Crippen MR) is 107 cm³/mol. The number of nitrogens with zero attached hydrogens (tertiary/aromatic N) is 2. The Morgan fingerprint density at radius 1 is 1.11 bits per heavy atom. The van der Waals surface area contributed by atoms with Gasteiger partial charge < -0.3 is 14.5 Å². The molecule has 3 rings (SSSR count). The van der Waals surface area contributed by atoms with Gasteiger partial charge in [0.1, 0.15) is 0 Å². The van der Waals surface area contributed by atoms with Crippen LogP contribution in [0.15, 0.2) is 24.3 Å². The van der Waals surface area contributed by atoms with E-state index in [9.17, 15) is 9.59 Å². The highest BCUT2D eigenvalue weighted by Gasteiger charge is 2.31. The molecule has 0 aromatic heterocycles. The Hall–Kier alpha value is -2.04. The standard InChI is InChI=1S/C22H32N2O3/c1-16-13-22(2,3)10-12-24(14-16)20(25)17-5-7-19(8-6-17)23-11-9-18(15-23)21(26)27-4/h5-8,16,18H,9-15H2,1-4H3. The third kappa shape index (κ3) is 4.63. The second kappa shape index (κ2) is 7.91. The molecule has 27 heavy (non-hydrogen) atoms. The van der Waals surface area contributed by atoms with Gasteiger partial charge in [0.15, 0.2) is 0 Å². The summed E-state index contributed by atoms with van der Waals surface area (Å²) >= 11 is 0. The lowest BCUT2D eigenvalue weighted by Crippen LogP contribution is -2.34. The van der Waals surface area contributed by atoms with Crippen molar-refractivity contribution >= 4 is 17.6 Å². The van der Waals surface area contributed by atoms with Crippen molar-refractivity contribution in [2.45, 2.75) is 40.0 Å². The zero-order chi connectivity index (χ0) is 19.6. The number of carbonyl (C=O) groups is 2. The van der Waals surface area contributed by atoms with Crippen LogP contribution in [0.5, 0.6) is 0 Å². The quantitative estimate of drug-likeness (QED) is 0.761. The first-order valence-electron chi connectivity index (χ1n) is 10.0. The molecule has 0 radical (unpaired) electrons. The molecule has 0 saturated carbocycles. The number of likely N-dealkylation sites (tertiary alicyclic amines) is 1. The molecule has 148 valence electrons. The van der Waals surface area contributed by atoms with Gasteiger partial charge in [-0.3, -0.25) is 9.59 Å². The van der Waals surface area contributed by atoms with Gasteiger partial charge in [0.25, 0.3) is 5.91 Å². The van der Waals surface area contributed by atoms with Gasteiger partial charge in [0.2, 0.25) is 0 Å². The summed E-state index contributed by atoms with van der Waals surface area (Å²) in [7, 11) is 1.44. The van der Waals surface area contributed by atoms with E-state index in [1.807, 2.05) is 29.2 Å². The molecule has 5 nitrogen and oxygen atoms in total. The van der Waals surface area contributed by atoms with Crippen LogP contribution in [0.2, 0.25) is 0 Å². The molecule has 0 spiro atoms. The number of anilines is 1. The van der Waals surface area contributed by atoms with E-state index in [1.165, 1.54) is 7.11 Å². The first-order chi connectivity index (χ1) is 12.8. The lowest BCUT2D eigenvalue weighted by molar-refractivity contribution is -0.144. The fourth-order valence-electron chi connectivity index (χ4n) is 4.55. The molecule has 0 N–H and O–H groups in total. The summed E-state index contributed by atoms with van der Waals surface area (Å²) in [5.74, 6) is 0.450. The summed E-state index contributed by atoms with van der Waals surface area (Å²) < 4.78 is 4.85. The summed E-state index contributed by atoms with van der Waals surface area (Å²) in [5, 5.41) is 0. The first kappa shape index (κ1) is 19.7. The second-order valence-corrected chi connectivity index (χ2v) is 8.98. The number of hydrogen-bond acceptors (Lipinski definition) is 4. The van der Waals surface area contributed by atoms with E-state index >= 15 is 0 Å². The lowest BCUT2D eigenvalue weighted by Gasteiger charge is -2.24. The maximum Gasteiger partial charge on any atom is 0.310 e. The van der Waals surface area contributed by atoms with Gasteiger partial charge in [0.05, 0.1) is 13.0 Å². The van der Waals surface area contributed by atoms with E-state index in [4.69, 9.17) is 4.74 Å². The maximum absolute atomic E-state index is 13.0. The third-order valence-corrected chi connectivity index (χ3v) is 5.98. The van der Waals surface area contributed by atoms with Gasteiger partial charge in [-0.1, -0.05) is 20.8 Å². The summed E-state index contributed by atoms with van der Waals surface area (Å²) in [4.78, 5) is 28.9. The summed E-state index contributed by atoms with van der Waals surface area (Å²) in [6, 6.07) is 7.84. The van der Waals surface area contributed by atoms with Crippen molar-refractivity contribution in [3.8, 4) is 0 Å². The lowest BCUT2D eigenvalue weighted by atomic mass is 9.82. The Morgan fingerprint density at radius 2 is 1.81 bits per heavy atom. The highest BCUT2D eigenvalue weighted by atomic mass is 16.5. The molecule has 2 unspecified atom stereocenters. The molecule has 2 atom stereocenters. The Morgan fingerprint density at radius 3 is 2.48 bits per heavy atom. The average Bonchev–Trinajstić information content (AvgIpc) is 3.08. The molecule has 1 aromatic carbocycles. The number of benzene rings is 1. The van der Waals surface area contributed by atoms with Crippen molar-refractivity contribution in [3.05, 3.63) is 29.8 Å². The fraction of sp³-hybridized carbons (Fsp3) is 0.636. The minimum absolute atomic E-state index is 0.0572. The number of esters is 1. The number of ether oxygens (including phenoxy) is 1. The van der Waals surface area contributed by atoms with Gasteiger partial charge in [-0.15, -0.1) is 0 Å². The van der Waals surface area contributed by atoms with Crippen molar-refractivity contribution in [3.63, 3.8) is 0 Å². The van der Waals surface area contributed by atoms with E-state index < -0.39 is 0 Å². The minimum atomic E-state index is -0.137. The van der Waals surface area contributed by atoms with Gasteiger partial charge >= 0.3 is 5.97 Å². The third-order valence-electron chi connectivity index (χ3n) is 5.98. The molecule has 1 amide bonds. The van der Waals surface area contributed by atoms with Gasteiger partial charge in [-0.05, 0) is 54.9 Å². The Balaban J connectivity index is 1.65. The van der Waals surface area contributed by atoms with Crippen molar-refractivity contribution in [2.24, 2.45) is 17.3 Å². The van der Waals surface area contributed by atoms with Crippen LogP contribution in [0.1, 0.15) is 50.4 Å². The van der Waals surface area contributed by atoms with E-state index in [1.54, 1.807) is 0 Å². The van der Waals surface area contributed by atoms with Crippen LogP contribution >= 0.6 is 0 Å². The van der Waals surface area contributed by atoms with Crippen molar-refractivity contribution in [2.75, 3.05) is 38.2 Å². The summed E-state index contributed by atoms with van der Waals surface area (Å²) in [6.45, 7) is 10.0. The zero-order valence-corrected chi connectivity index (χ0v) is 17.0. The molecule has 1 aromatic rings. The number of amides is 1. The summed E-state index contributed by atoms with van der Waals surface area (Å²) in [5.41, 5.74) is 2.10. The normalized spacial score (nSPS) is 25.2. The van der Waals surface area contributed by atoms with Gasteiger partial charge in [-0.2, -0.15) is 0 Å². The molecular formula is C22H32N2O3. The number of rotatable bonds is 3. The van der Waals surface area contributed by atoms with E-state index in [0.717, 1.165) is 50.1 Å². The first-order valence-corrected chi connectivity index (χ1v) is 10.0. The van der Waals surface area contributed by atoms with Crippen molar-refractivity contribution in [1.29, 1.82) is 0 Å². The molecule has 2 aliphatic heterocycles. The van der Waals surface area contributed by atoms with Crippen LogP contribution in [0, 0.1) is 17.3 Å². The van der Waals surface area contributed by atoms with Crippen LogP contribution in [0.3, 0.4) is 0 Å². The highest BCUT2D eigenvalue weighted by Crippen LogP contribution is 2.33. The molecule has 2 fully saturated rings. The molecular weight excluding hydrogens is 340 g/mol. The zero-order valence-electron chi connectivity index (χ0n) is 17.0. The number of carbonyl (C=O) groups excluding carboxylic acids is 2. The van der Waals surface area contributed by atoms with E-state index in [0.29, 0.717) is 17.9 Å². The molecule has 2 aliphatic rings. The van der Waals surface area contributed by atoms with E-state index in [2.05, 4.69) is 25.7 Å². The van der Waals surface area contributed by atoms with Crippen LogP contribution in [0.4, 0.5) is 5.69 Å². The number of hydrogen-bond donors (Lipinski definition) is 0. The van der Waals surface area contributed by atoms with Crippen molar-refractivity contribution < 1.29 is 14.3 Å². The molecule has 2 heterocycles. The smallest absolute Gasteiger partial charge is 0.310 e. The molecule has 5 heteroatoms. The average molecular weight is 373 g/mol. The Labute approximate surface area is 162 Å². The van der Waals surface area contributed by atoms with Crippen LogP contribution in [-0.2, 0) is 9.53 Å². The minimum Gasteiger partial charge on any atom is -0.469 e. The topological polar surface area (TPSA) is 49.9 Å². The van der Waals surface area contributed by atoms with Crippen LogP contribution < -0.4 is 4.90 Å². The Kier molecular flexibility index (Phi) is 5.78. The monoisotopic (exact) mass is 372 g/mol. The maximum atomic E-state index is 13.0. The van der Waals surface area contributed by atoms with Crippen LogP contribution in [0.25, 0.3) is 0 Å². The largest absolute Gasteiger partial charge is 0.469 e. The number of methoxy groups -OCH3 is 1. The van der Waals surface area contributed by atoms with E-state index in [-0.39, 0.29) is 17.8 Å². The molecule has 0 aliphatic carbocycles. The van der Waals surface area contributed by atoms with Gasteiger partial charge in [-0.25, -0.2) is 0 Å². The summed E-state index contributed by atoms with van der Waals surface area (Å²) in [6.07, 6.45) is 3.02.